The fourth-order valence-electron chi connectivity index (χ4n) is 2.33. The Balaban J connectivity index is 1.97. The lowest BCUT2D eigenvalue weighted by molar-refractivity contribution is 0.0514. The van der Waals surface area contributed by atoms with Crippen LogP contribution in [0.15, 0.2) is 66.7 Å². The van der Waals surface area contributed by atoms with Gasteiger partial charge < -0.3 is 10.1 Å². The van der Waals surface area contributed by atoms with Crippen molar-refractivity contribution in [3.63, 3.8) is 0 Å². The minimum Gasteiger partial charge on any atom is -0.461 e. The van der Waals surface area contributed by atoms with Crippen LogP contribution in [-0.2, 0) is 4.74 Å². The van der Waals surface area contributed by atoms with Crippen LogP contribution < -0.4 is 5.32 Å². The van der Waals surface area contributed by atoms with Gasteiger partial charge in [-0.25, -0.2) is 9.59 Å². The van der Waals surface area contributed by atoms with Crippen molar-refractivity contribution in [1.82, 2.24) is 9.78 Å². The molecule has 6 nitrogen and oxygen atoms in total. The van der Waals surface area contributed by atoms with Crippen molar-refractivity contribution in [2.45, 2.75) is 6.92 Å². The molecule has 0 saturated carbocycles. The van der Waals surface area contributed by atoms with Crippen molar-refractivity contribution in [3.05, 3.63) is 72.4 Å². The molecule has 0 unspecified atom stereocenters. The number of esters is 1. The topological polar surface area (TPSA) is 73.2 Å². The van der Waals surface area contributed by atoms with E-state index in [1.54, 1.807) is 37.3 Å². The third kappa shape index (κ3) is 3.74. The number of carbonyl (C=O) groups excluding carboxylic acids is 2. The number of aromatic nitrogens is 2. The Hall–Kier alpha value is -3.41. The van der Waals surface area contributed by atoms with Gasteiger partial charge in [-0.2, -0.15) is 9.78 Å². The maximum absolute atomic E-state index is 12.6. The second kappa shape index (κ2) is 7.44. The van der Waals surface area contributed by atoms with Crippen LogP contribution in [-0.4, -0.2) is 28.4 Å². The number of nitrogens with one attached hydrogen (secondary N) is 1. The van der Waals surface area contributed by atoms with Gasteiger partial charge in [0.15, 0.2) is 5.69 Å². The highest BCUT2D eigenvalue weighted by Crippen LogP contribution is 2.20. The monoisotopic (exact) mass is 335 g/mol. The molecule has 0 bridgehead atoms. The SMILES string of the molecule is CCOC(=O)c1cc(-c2ccccc2)nn1C(=O)Nc1ccccc1. The third-order valence-electron chi connectivity index (χ3n) is 3.48. The minimum atomic E-state index is -0.597. The molecule has 0 aliphatic heterocycles. The molecule has 1 N–H and O–H groups in total. The Morgan fingerprint density at radius 2 is 1.68 bits per heavy atom. The summed E-state index contributed by atoms with van der Waals surface area (Å²) in [5, 5.41) is 7.00. The molecule has 0 radical (unpaired) electrons. The van der Waals surface area contributed by atoms with Gasteiger partial charge in [0.1, 0.15) is 0 Å². The zero-order valence-electron chi connectivity index (χ0n) is 13.7. The summed E-state index contributed by atoms with van der Waals surface area (Å²) in [5.41, 5.74) is 2.01. The molecule has 0 aliphatic carbocycles. The van der Waals surface area contributed by atoms with E-state index in [9.17, 15) is 9.59 Å². The zero-order chi connectivity index (χ0) is 17.6. The second-order valence-electron chi connectivity index (χ2n) is 5.21. The Morgan fingerprint density at radius 3 is 2.32 bits per heavy atom. The van der Waals surface area contributed by atoms with Crippen LogP contribution in [0.25, 0.3) is 11.3 Å². The average molecular weight is 335 g/mol. The van der Waals surface area contributed by atoms with E-state index in [0.29, 0.717) is 11.4 Å². The first kappa shape index (κ1) is 16.4. The standard InChI is InChI=1S/C19H17N3O3/c1-2-25-18(23)17-13-16(14-9-5-3-6-10-14)21-22(17)19(24)20-15-11-7-4-8-12-15/h3-13H,2H2,1H3,(H,20,24). The van der Waals surface area contributed by atoms with Gasteiger partial charge in [-0.1, -0.05) is 48.5 Å². The van der Waals surface area contributed by atoms with E-state index in [1.165, 1.54) is 0 Å². The van der Waals surface area contributed by atoms with E-state index in [0.717, 1.165) is 10.2 Å². The van der Waals surface area contributed by atoms with Crippen molar-refractivity contribution >= 4 is 17.7 Å². The molecule has 1 aromatic heterocycles. The van der Waals surface area contributed by atoms with Crippen LogP contribution in [0.5, 0.6) is 0 Å². The van der Waals surface area contributed by atoms with Crippen LogP contribution in [0.1, 0.15) is 17.4 Å². The molecule has 6 heteroatoms. The van der Waals surface area contributed by atoms with Gasteiger partial charge in [-0.05, 0) is 25.1 Å². The zero-order valence-corrected chi connectivity index (χ0v) is 13.7. The lowest BCUT2D eigenvalue weighted by atomic mass is 10.1. The fourth-order valence-corrected chi connectivity index (χ4v) is 2.33. The number of carbonyl (C=O) groups is 2. The molecule has 1 amide bonds. The van der Waals surface area contributed by atoms with E-state index < -0.39 is 12.0 Å². The molecule has 126 valence electrons. The number of hydrogen-bond donors (Lipinski definition) is 1. The summed E-state index contributed by atoms with van der Waals surface area (Å²) in [6.45, 7) is 1.92. The number of para-hydroxylation sites is 1. The van der Waals surface area contributed by atoms with Gasteiger partial charge in [0.05, 0.1) is 12.3 Å². The number of nitrogens with zero attached hydrogens (tertiary/aromatic N) is 2. The Kier molecular flexibility index (Phi) is 4.89. The number of ether oxygens (including phenoxy) is 1. The van der Waals surface area contributed by atoms with Crippen molar-refractivity contribution < 1.29 is 14.3 Å². The minimum absolute atomic E-state index is 0.0779. The predicted molar refractivity (Wildman–Crippen MR) is 94.5 cm³/mol. The normalized spacial score (nSPS) is 10.3. The van der Waals surface area contributed by atoms with Crippen LogP contribution in [0.4, 0.5) is 10.5 Å². The number of rotatable bonds is 4. The molecule has 2 aromatic carbocycles. The van der Waals surface area contributed by atoms with Crippen LogP contribution in [0, 0.1) is 0 Å². The van der Waals surface area contributed by atoms with Crippen molar-refractivity contribution in [2.75, 3.05) is 11.9 Å². The smallest absolute Gasteiger partial charge is 0.357 e. The summed E-state index contributed by atoms with van der Waals surface area (Å²) in [6.07, 6.45) is 0. The first-order valence-corrected chi connectivity index (χ1v) is 7.88. The fraction of sp³-hybridized carbons (Fsp3) is 0.105. The number of amides is 1. The first-order valence-electron chi connectivity index (χ1n) is 7.88. The van der Waals surface area contributed by atoms with Crippen molar-refractivity contribution in [2.24, 2.45) is 0 Å². The molecule has 3 rings (SSSR count). The highest BCUT2D eigenvalue weighted by molar-refractivity contribution is 5.98. The number of anilines is 1. The summed E-state index contributed by atoms with van der Waals surface area (Å²) in [5.74, 6) is -0.597. The molecule has 1 heterocycles. The van der Waals surface area contributed by atoms with E-state index in [-0.39, 0.29) is 12.3 Å². The van der Waals surface area contributed by atoms with Gasteiger partial charge >= 0.3 is 12.0 Å². The molecule has 0 fully saturated rings. The molecule has 25 heavy (non-hydrogen) atoms. The number of benzene rings is 2. The van der Waals surface area contributed by atoms with E-state index >= 15 is 0 Å². The van der Waals surface area contributed by atoms with Gasteiger partial charge in [-0.15, -0.1) is 0 Å². The third-order valence-corrected chi connectivity index (χ3v) is 3.48. The predicted octanol–water partition coefficient (Wildman–Crippen LogP) is 3.81. The highest BCUT2D eigenvalue weighted by Gasteiger charge is 2.21. The molecule has 0 spiro atoms. The van der Waals surface area contributed by atoms with Crippen LogP contribution in [0.3, 0.4) is 0 Å². The molecule has 3 aromatic rings. The van der Waals surface area contributed by atoms with Crippen LogP contribution in [0.2, 0.25) is 0 Å². The molecule has 0 atom stereocenters. The quantitative estimate of drug-likeness (QED) is 0.736. The van der Waals surface area contributed by atoms with E-state index in [1.807, 2.05) is 36.4 Å². The Bertz CT molecular complexity index is 873. The molecular weight excluding hydrogens is 318 g/mol. The number of hydrogen-bond acceptors (Lipinski definition) is 4. The van der Waals surface area contributed by atoms with E-state index in [4.69, 9.17) is 4.74 Å². The van der Waals surface area contributed by atoms with Gasteiger partial charge in [0.25, 0.3) is 0 Å². The van der Waals surface area contributed by atoms with Crippen molar-refractivity contribution in [3.8, 4) is 11.3 Å². The summed E-state index contributed by atoms with van der Waals surface area (Å²) in [6, 6.07) is 19.3. The lowest BCUT2D eigenvalue weighted by Crippen LogP contribution is -2.25. The largest absolute Gasteiger partial charge is 0.461 e. The summed E-state index contributed by atoms with van der Waals surface area (Å²) in [4.78, 5) is 24.8. The maximum atomic E-state index is 12.6. The highest BCUT2D eigenvalue weighted by atomic mass is 16.5. The average Bonchev–Trinajstić information content (AvgIpc) is 3.09. The molecule has 0 aliphatic rings. The Morgan fingerprint density at radius 1 is 1.04 bits per heavy atom. The first-order chi connectivity index (χ1) is 12.2. The maximum Gasteiger partial charge on any atom is 0.357 e. The Labute approximate surface area is 145 Å². The lowest BCUT2D eigenvalue weighted by Gasteiger charge is -2.07. The van der Waals surface area contributed by atoms with Gasteiger partial charge in [0.2, 0.25) is 0 Å². The molecular formula is C19H17N3O3. The van der Waals surface area contributed by atoms with Crippen molar-refractivity contribution in [1.29, 1.82) is 0 Å². The molecule has 0 saturated heterocycles. The summed E-state index contributed by atoms with van der Waals surface area (Å²) >= 11 is 0. The summed E-state index contributed by atoms with van der Waals surface area (Å²) in [7, 11) is 0. The second-order valence-corrected chi connectivity index (χ2v) is 5.21. The summed E-state index contributed by atoms with van der Waals surface area (Å²) < 4.78 is 6.07. The van der Waals surface area contributed by atoms with Crippen LogP contribution >= 0.6 is 0 Å². The van der Waals surface area contributed by atoms with Gasteiger partial charge in [0, 0.05) is 11.3 Å². The van der Waals surface area contributed by atoms with Gasteiger partial charge in [-0.3, -0.25) is 0 Å². The van der Waals surface area contributed by atoms with E-state index in [2.05, 4.69) is 10.4 Å².